The number of hydrogen-bond acceptors (Lipinski definition) is 6. The molecule has 1 aromatic carbocycles. The lowest BCUT2D eigenvalue weighted by Crippen LogP contribution is -2.20. The zero-order valence-electron chi connectivity index (χ0n) is 15.9. The second-order valence-corrected chi connectivity index (χ2v) is 7.28. The molecule has 2 aliphatic rings. The lowest BCUT2D eigenvalue weighted by Gasteiger charge is -2.18. The minimum atomic E-state index is -0.0854. The Bertz CT molecular complexity index is 835. The number of aromatic nitrogens is 1. The summed E-state index contributed by atoms with van der Waals surface area (Å²) in [5, 5.41) is 15.6. The third-order valence-corrected chi connectivity index (χ3v) is 4.86. The van der Waals surface area contributed by atoms with Crippen molar-refractivity contribution in [3.05, 3.63) is 23.8 Å². The smallest absolute Gasteiger partial charge is 0.201 e. The topological polar surface area (TPSA) is 77.2 Å². The van der Waals surface area contributed by atoms with Crippen LogP contribution in [0.1, 0.15) is 25.5 Å². The van der Waals surface area contributed by atoms with Crippen LogP contribution < -0.4 is 5.32 Å². The van der Waals surface area contributed by atoms with Gasteiger partial charge in [0.1, 0.15) is 0 Å². The molecule has 7 nitrogen and oxygen atoms in total. The Morgan fingerprint density at radius 3 is 2.59 bits per heavy atom. The SMILES string of the molecule is CC(C)Nc1ccc2c(c1)c(C1=NCCOC1)c(O)n2C1COCCOC1. The molecule has 1 fully saturated rings. The van der Waals surface area contributed by atoms with Gasteiger partial charge in [0.15, 0.2) is 0 Å². The van der Waals surface area contributed by atoms with E-state index >= 15 is 0 Å². The molecule has 1 aromatic heterocycles. The number of hydrogen-bond donors (Lipinski definition) is 2. The largest absolute Gasteiger partial charge is 0.494 e. The summed E-state index contributed by atoms with van der Waals surface area (Å²) in [4.78, 5) is 4.61. The van der Waals surface area contributed by atoms with Crippen molar-refractivity contribution in [2.75, 3.05) is 51.5 Å². The van der Waals surface area contributed by atoms with Crippen LogP contribution in [-0.4, -0.2) is 67.6 Å². The number of benzene rings is 1. The number of nitrogens with one attached hydrogen (secondary N) is 1. The van der Waals surface area contributed by atoms with Gasteiger partial charge in [-0.2, -0.15) is 0 Å². The molecule has 2 aromatic rings. The summed E-state index contributed by atoms with van der Waals surface area (Å²) in [5.41, 5.74) is 3.51. The van der Waals surface area contributed by atoms with Crippen molar-refractivity contribution in [1.29, 1.82) is 0 Å². The molecule has 0 unspecified atom stereocenters. The van der Waals surface area contributed by atoms with Crippen molar-refractivity contribution in [3.63, 3.8) is 0 Å². The first kappa shape index (κ1) is 18.3. The van der Waals surface area contributed by atoms with E-state index in [-0.39, 0.29) is 11.9 Å². The monoisotopic (exact) mass is 373 g/mol. The Morgan fingerprint density at radius 1 is 1.15 bits per heavy atom. The molecule has 146 valence electrons. The third kappa shape index (κ3) is 3.67. The fourth-order valence-electron chi connectivity index (χ4n) is 3.74. The Morgan fingerprint density at radius 2 is 1.93 bits per heavy atom. The number of anilines is 1. The van der Waals surface area contributed by atoms with Crippen LogP contribution in [0.25, 0.3) is 10.9 Å². The Kier molecular flexibility index (Phi) is 5.33. The van der Waals surface area contributed by atoms with Crippen molar-refractivity contribution in [2.24, 2.45) is 4.99 Å². The summed E-state index contributed by atoms with van der Waals surface area (Å²) in [6.07, 6.45) is 0. The molecule has 7 heteroatoms. The standard InChI is InChI=1S/C20H27N3O4/c1-13(2)22-14-3-4-18-16(9-14)19(17-12-25-6-5-21-17)20(24)23(18)15-10-26-7-8-27-11-15/h3-4,9,13,15,22,24H,5-8,10-12H2,1-2H3. The molecule has 0 spiro atoms. The predicted octanol–water partition coefficient (Wildman–Crippen LogP) is 2.57. The number of aromatic hydroxyl groups is 1. The number of nitrogens with zero attached hydrogens (tertiary/aromatic N) is 2. The van der Waals surface area contributed by atoms with Crippen LogP contribution in [0, 0.1) is 0 Å². The first-order valence-electron chi connectivity index (χ1n) is 9.55. The average molecular weight is 373 g/mol. The normalized spacial score (nSPS) is 19.3. The lowest BCUT2D eigenvalue weighted by atomic mass is 10.1. The molecule has 27 heavy (non-hydrogen) atoms. The minimum absolute atomic E-state index is 0.0854. The molecule has 0 bridgehead atoms. The van der Waals surface area contributed by atoms with Gasteiger partial charge < -0.3 is 29.2 Å². The number of fused-ring (bicyclic) bond motifs is 1. The fraction of sp³-hybridized carbons (Fsp3) is 0.550. The molecule has 3 heterocycles. The second kappa shape index (κ2) is 7.88. The summed E-state index contributed by atoms with van der Waals surface area (Å²) >= 11 is 0. The zero-order chi connectivity index (χ0) is 18.8. The van der Waals surface area contributed by atoms with E-state index in [2.05, 4.69) is 30.2 Å². The van der Waals surface area contributed by atoms with Gasteiger partial charge in [0.25, 0.3) is 0 Å². The molecular weight excluding hydrogens is 346 g/mol. The first-order chi connectivity index (χ1) is 13.1. The van der Waals surface area contributed by atoms with Gasteiger partial charge in [-0.1, -0.05) is 0 Å². The van der Waals surface area contributed by atoms with Gasteiger partial charge in [-0.3, -0.25) is 4.99 Å². The number of ether oxygens (including phenoxy) is 3. The summed E-state index contributed by atoms with van der Waals surface area (Å²) in [7, 11) is 0. The molecule has 1 saturated heterocycles. The van der Waals surface area contributed by atoms with Gasteiger partial charge in [-0.05, 0) is 32.0 Å². The van der Waals surface area contributed by atoms with Crippen molar-refractivity contribution >= 4 is 22.3 Å². The van der Waals surface area contributed by atoms with E-state index < -0.39 is 0 Å². The molecule has 0 saturated carbocycles. The summed E-state index contributed by atoms with van der Waals surface area (Å²) in [6, 6.07) is 6.40. The Balaban J connectivity index is 1.87. The molecular formula is C20H27N3O4. The van der Waals surface area contributed by atoms with Crippen LogP contribution in [0.15, 0.2) is 23.2 Å². The van der Waals surface area contributed by atoms with Crippen LogP contribution in [0.4, 0.5) is 5.69 Å². The maximum Gasteiger partial charge on any atom is 0.201 e. The van der Waals surface area contributed by atoms with E-state index in [0.717, 1.165) is 27.9 Å². The van der Waals surface area contributed by atoms with Crippen LogP contribution in [0.5, 0.6) is 5.88 Å². The first-order valence-corrected chi connectivity index (χ1v) is 9.55. The van der Waals surface area contributed by atoms with E-state index in [4.69, 9.17) is 14.2 Å². The van der Waals surface area contributed by atoms with Gasteiger partial charge in [-0.15, -0.1) is 0 Å². The Labute approximate surface area is 158 Å². The molecule has 0 atom stereocenters. The third-order valence-electron chi connectivity index (χ3n) is 4.86. The predicted molar refractivity (Wildman–Crippen MR) is 105 cm³/mol. The minimum Gasteiger partial charge on any atom is -0.494 e. The van der Waals surface area contributed by atoms with Crippen molar-refractivity contribution in [2.45, 2.75) is 25.9 Å². The highest BCUT2D eigenvalue weighted by Crippen LogP contribution is 2.37. The number of aliphatic imine (C=N–C) groups is 1. The average Bonchev–Trinajstić information content (AvgIpc) is 2.80. The molecule has 4 rings (SSSR count). The van der Waals surface area contributed by atoms with Crippen LogP contribution in [-0.2, 0) is 14.2 Å². The zero-order valence-corrected chi connectivity index (χ0v) is 15.9. The maximum atomic E-state index is 11.2. The molecule has 2 N–H and O–H groups in total. The van der Waals surface area contributed by atoms with Crippen LogP contribution in [0.3, 0.4) is 0 Å². The van der Waals surface area contributed by atoms with Gasteiger partial charge >= 0.3 is 0 Å². The summed E-state index contributed by atoms with van der Waals surface area (Å²) in [5.74, 6) is 0.204. The number of rotatable bonds is 4. The van der Waals surface area contributed by atoms with Gasteiger partial charge in [0.05, 0.1) is 69.0 Å². The second-order valence-electron chi connectivity index (χ2n) is 7.28. The van der Waals surface area contributed by atoms with Crippen molar-refractivity contribution in [1.82, 2.24) is 4.57 Å². The van der Waals surface area contributed by atoms with Crippen molar-refractivity contribution in [3.8, 4) is 5.88 Å². The summed E-state index contributed by atoms with van der Waals surface area (Å²) in [6.45, 7) is 8.01. The lowest BCUT2D eigenvalue weighted by molar-refractivity contribution is 0.103. The van der Waals surface area contributed by atoms with Gasteiger partial charge in [0.2, 0.25) is 5.88 Å². The van der Waals surface area contributed by atoms with Crippen LogP contribution in [0.2, 0.25) is 0 Å². The highest BCUT2D eigenvalue weighted by atomic mass is 16.5. The molecule has 2 aliphatic heterocycles. The highest BCUT2D eigenvalue weighted by molar-refractivity contribution is 6.14. The molecule has 0 aliphatic carbocycles. The molecule has 0 radical (unpaired) electrons. The van der Waals surface area contributed by atoms with E-state index in [1.54, 1.807) is 0 Å². The molecule has 0 amide bonds. The quantitative estimate of drug-likeness (QED) is 0.861. The maximum absolute atomic E-state index is 11.2. The van der Waals surface area contributed by atoms with E-state index in [0.29, 0.717) is 52.2 Å². The Hall–Kier alpha value is -2.09. The highest BCUT2D eigenvalue weighted by Gasteiger charge is 2.27. The summed E-state index contributed by atoms with van der Waals surface area (Å²) < 4.78 is 18.9. The van der Waals surface area contributed by atoms with E-state index in [1.807, 2.05) is 16.7 Å². The fourth-order valence-corrected chi connectivity index (χ4v) is 3.74. The van der Waals surface area contributed by atoms with Gasteiger partial charge in [0, 0.05) is 17.1 Å². The van der Waals surface area contributed by atoms with E-state index in [1.165, 1.54) is 0 Å². The van der Waals surface area contributed by atoms with E-state index in [9.17, 15) is 5.11 Å². The van der Waals surface area contributed by atoms with Crippen molar-refractivity contribution < 1.29 is 19.3 Å². The van der Waals surface area contributed by atoms with Gasteiger partial charge in [-0.25, -0.2) is 0 Å². The van der Waals surface area contributed by atoms with Crippen LogP contribution >= 0.6 is 0 Å².